The third-order valence-corrected chi connectivity index (χ3v) is 4.63. The highest BCUT2D eigenvalue weighted by Crippen LogP contribution is 2.28. The van der Waals surface area contributed by atoms with Crippen molar-refractivity contribution >= 4 is 0 Å². The molecule has 118 valence electrons. The Morgan fingerprint density at radius 1 is 1.33 bits per heavy atom. The van der Waals surface area contributed by atoms with Gasteiger partial charge in [0.25, 0.3) is 0 Å². The Bertz CT molecular complexity index is 501. The van der Waals surface area contributed by atoms with Gasteiger partial charge in [0.2, 0.25) is 0 Å². The fourth-order valence-corrected chi connectivity index (χ4v) is 2.96. The summed E-state index contributed by atoms with van der Waals surface area (Å²) in [7, 11) is 1.71. The molecule has 1 aromatic rings. The molecule has 0 aromatic carbocycles. The van der Waals surface area contributed by atoms with E-state index in [2.05, 4.69) is 49.0 Å². The van der Waals surface area contributed by atoms with Crippen LogP contribution in [0.1, 0.15) is 45.5 Å². The van der Waals surface area contributed by atoms with Crippen molar-refractivity contribution < 1.29 is 4.74 Å². The number of aryl methyl sites for hydroxylation is 1. The number of ether oxygens (including phenoxy) is 1. The molecule has 0 radical (unpaired) electrons. The van der Waals surface area contributed by atoms with Crippen LogP contribution in [0.15, 0.2) is 12.1 Å². The van der Waals surface area contributed by atoms with E-state index in [9.17, 15) is 0 Å². The molecule has 0 saturated carbocycles. The van der Waals surface area contributed by atoms with Crippen LogP contribution in [0.3, 0.4) is 0 Å². The van der Waals surface area contributed by atoms with Crippen LogP contribution < -0.4 is 10.1 Å². The standard InChI is InChI=1S/C17H29N3O/c1-7-17(5)11-18-16(3,4)12-20(17)10-14-9-15(21-6)8-13(2)19-14/h8-9,18H,7,10-12H2,1-6H3. The molecule has 1 fully saturated rings. The predicted octanol–water partition coefficient (Wildman–Crippen LogP) is 2.75. The fourth-order valence-electron chi connectivity index (χ4n) is 2.96. The van der Waals surface area contributed by atoms with Gasteiger partial charge in [0.05, 0.1) is 12.8 Å². The van der Waals surface area contributed by atoms with Gasteiger partial charge in [0, 0.05) is 48.5 Å². The molecule has 21 heavy (non-hydrogen) atoms. The number of hydrogen-bond acceptors (Lipinski definition) is 4. The number of nitrogens with one attached hydrogen (secondary N) is 1. The summed E-state index contributed by atoms with van der Waals surface area (Å²) in [5.74, 6) is 0.894. The SMILES string of the molecule is CCC1(C)CNC(C)(C)CN1Cc1cc(OC)cc(C)n1. The van der Waals surface area contributed by atoms with Gasteiger partial charge in [0.15, 0.2) is 0 Å². The van der Waals surface area contributed by atoms with Crippen LogP contribution in [-0.2, 0) is 6.54 Å². The van der Waals surface area contributed by atoms with Crippen LogP contribution in [0.4, 0.5) is 0 Å². The Balaban J connectivity index is 2.24. The summed E-state index contributed by atoms with van der Waals surface area (Å²) < 4.78 is 5.37. The number of nitrogens with zero attached hydrogens (tertiary/aromatic N) is 2. The smallest absolute Gasteiger partial charge is 0.122 e. The molecule has 1 saturated heterocycles. The molecule has 4 nitrogen and oxygen atoms in total. The minimum atomic E-state index is 0.141. The summed E-state index contributed by atoms with van der Waals surface area (Å²) in [6, 6.07) is 4.03. The van der Waals surface area contributed by atoms with Gasteiger partial charge in [-0.15, -0.1) is 0 Å². The van der Waals surface area contributed by atoms with Crippen LogP contribution in [-0.4, -0.2) is 41.2 Å². The second kappa shape index (κ2) is 5.93. The first-order chi connectivity index (χ1) is 9.78. The first-order valence-electron chi connectivity index (χ1n) is 7.80. The average Bonchev–Trinajstić information content (AvgIpc) is 2.42. The zero-order valence-electron chi connectivity index (χ0n) is 14.3. The van der Waals surface area contributed by atoms with Crippen molar-refractivity contribution in [1.29, 1.82) is 0 Å². The second-order valence-corrected chi connectivity index (χ2v) is 7.08. The van der Waals surface area contributed by atoms with E-state index in [0.717, 1.165) is 43.2 Å². The van der Waals surface area contributed by atoms with E-state index in [0.29, 0.717) is 0 Å². The normalized spacial score (nSPS) is 25.8. The van der Waals surface area contributed by atoms with E-state index in [1.165, 1.54) is 0 Å². The van der Waals surface area contributed by atoms with E-state index in [4.69, 9.17) is 4.74 Å². The summed E-state index contributed by atoms with van der Waals surface area (Å²) >= 11 is 0. The Morgan fingerprint density at radius 2 is 2.05 bits per heavy atom. The van der Waals surface area contributed by atoms with Crippen molar-refractivity contribution in [3.05, 3.63) is 23.5 Å². The lowest BCUT2D eigenvalue weighted by atomic mass is 9.88. The molecular weight excluding hydrogens is 262 g/mol. The van der Waals surface area contributed by atoms with Gasteiger partial charge in [-0.3, -0.25) is 9.88 Å². The van der Waals surface area contributed by atoms with E-state index >= 15 is 0 Å². The molecule has 1 unspecified atom stereocenters. The zero-order chi connectivity index (χ0) is 15.7. The molecule has 0 amide bonds. The molecule has 1 aliphatic rings. The molecule has 2 rings (SSSR count). The van der Waals surface area contributed by atoms with Gasteiger partial charge in [-0.25, -0.2) is 0 Å². The van der Waals surface area contributed by atoms with Crippen LogP contribution in [0, 0.1) is 6.92 Å². The third-order valence-electron chi connectivity index (χ3n) is 4.63. The average molecular weight is 291 g/mol. The molecule has 2 heterocycles. The number of hydrogen-bond donors (Lipinski definition) is 1. The molecule has 0 spiro atoms. The highest BCUT2D eigenvalue weighted by Gasteiger charge is 2.39. The summed E-state index contributed by atoms with van der Waals surface area (Å²) in [5, 5.41) is 3.66. The number of methoxy groups -OCH3 is 1. The minimum absolute atomic E-state index is 0.141. The van der Waals surface area contributed by atoms with E-state index in [1.807, 2.05) is 13.0 Å². The van der Waals surface area contributed by atoms with Crippen LogP contribution in [0.25, 0.3) is 0 Å². The van der Waals surface area contributed by atoms with Gasteiger partial charge in [-0.1, -0.05) is 6.92 Å². The number of pyridine rings is 1. The predicted molar refractivity (Wildman–Crippen MR) is 86.7 cm³/mol. The quantitative estimate of drug-likeness (QED) is 0.925. The van der Waals surface area contributed by atoms with Crippen LogP contribution >= 0.6 is 0 Å². The summed E-state index contributed by atoms with van der Waals surface area (Å²) in [5.41, 5.74) is 2.41. The third kappa shape index (κ3) is 3.74. The van der Waals surface area contributed by atoms with Crippen molar-refractivity contribution in [2.24, 2.45) is 0 Å². The van der Waals surface area contributed by atoms with Crippen molar-refractivity contribution in [2.45, 2.75) is 58.7 Å². The molecular formula is C17H29N3O. The fraction of sp³-hybridized carbons (Fsp3) is 0.706. The summed E-state index contributed by atoms with van der Waals surface area (Å²) in [6.45, 7) is 14.0. The van der Waals surface area contributed by atoms with E-state index in [1.54, 1.807) is 7.11 Å². The highest BCUT2D eigenvalue weighted by molar-refractivity contribution is 5.27. The number of rotatable bonds is 4. The number of aromatic nitrogens is 1. The Kier molecular flexibility index (Phi) is 4.59. The second-order valence-electron chi connectivity index (χ2n) is 7.08. The monoisotopic (exact) mass is 291 g/mol. The van der Waals surface area contributed by atoms with Gasteiger partial charge >= 0.3 is 0 Å². The lowest BCUT2D eigenvalue weighted by molar-refractivity contribution is 0.0165. The van der Waals surface area contributed by atoms with Gasteiger partial charge in [-0.2, -0.15) is 0 Å². The minimum Gasteiger partial charge on any atom is -0.497 e. The molecule has 1 aromatic heterocycles. The lowest BCUT2D eigenvalue weighted by Gasteiger charge is -2.51. The van der Waals surface area contributed by atoms with E-state index < -0.39 is 0 Å². The maximum absolute atomic E-state index is 5.37. The Hall–Kier alpha value is -1.13. The molecule has 0 aliphatic carbocycles. The molecule has 1 aliphatic heterocycles. The Labute approximate surface area is 128 Å². The van der Waals surface area contributed by atoms with Crippen LogP contribution in [0.5, 0.6) is 5.75 Å². The van der Waals surface area contributed by atoms with Crippen molar-refractivity contribution in [2.75, 3.05) is 20.2 Å². The maximum atomic E-state index is 5.37. The van der Waals surface area contributed by atoms with Crippen molar-refractivity contribution in [3.8, 4) is 5.75 Å². The van der Waals surface area contributed by atoms with Crippen molar-refractivity contribution in [1.82, 2.24) is 15.2 Å². The maximum Gasteiger partial charge on any atom is 0.122 e. The molecule has 4 heteroatoms. The van der Waals surface area contributed by atoms with Crippen molar-refractivity contribution in [3.63, 3.8) is 0 Å². The van der Waals surface area contributed by atoms with Gasteiger partial charge in [-0.05, 0) is 34.1 Å². The highest BCUT2D eigenvalue weighted by atomic mass is 16.5. The van der Waals surface area contributed by atoms with Gasteiger partial charge < -0.3 is 10.1 Å². The molecule has 1 atom stereocenters. The topological polar surface area (TPSA) is 37.4 Å². The zero-order valence-corrected chi connectivity index (χ0v) is 14.3. The first kappa shape index (κ1) is 16.2. The summed E-state index contributed by atoms with van der Waals surface area (Å²) in [6.07, 6.45) is 1.12. The lowest BCUT2D eigenvalue weighted by Crippen LogP contribution is -2.66. The molecule has 1 N–H and O–H groups in total. The van der Waals surface area contributed by atoms with Gasteiger partial charge in [0.1, 0.15) is 5.75 Å². The first-order valence-corrected chi connectivity index (χ1v) is 7.80. The largest absolute Gasteiger partial charge is 0.497 e. The molecule has 0 bridgehead atoms. The summed E-state index contributed by atoms with van der Waals surface area (Å²) in [4.78, 5) is 7.24. The number of piperazine rings is 1. The Morgan fingerprint density at radius 3 is 2.67 bits per heavy atom. The van der Waals surface area contributed by atoms with Crippen LogP contribution in [0.2, 0.25) is 0 Å². The van der Waals surface area contributed by atoms with E-state index in [-0.39, 0.29) is 11.1 Å².